The molecule has 2 aromatic rings. The Morgan fingerprint density at radius 1 is 1.41 bits per heavy atom. The van der Waals surface area contributed by atoms with Gasteiger partial charge < -0.3 is 14.7 Å². The average molecular weight is 376 g/mol. The van der Waals surface area contributed by atoms with Gasteiger partial charge in [-0.05, 0) is 31.4 Å². The molecule has 1 aromatic carbocycles. The van der Waals surface area contributed by atoms with Crippen LogP contribution in [0.2, 0.25) is 0 Å². The highest BCUT2D eigenvalue weighted by atomic mass is 19.1. The molecule has 1 aliphatic heterocycles. The molecule has 0 aliphatic carbocycles. The van der Waals surface area contributed by atoms with E-state index in [4.69, 9.17) is 9.84 Å². The number of carbonyl (C=O) groups excluding carboxylic acids is 1. The molecule has 1 atom stereocenters. The lowest BCUT2D eigenvalue weighted by molar-refractivity contribution is -0.0113. The van der Waals surface area contributed by atoms with E-state index in [-0.39, 0.29) is 36.7 Å². The van der Waals surface area contributed by atoms with E-state index in [1.807, 2.05) is 6.92 Å². The van der Waals surface area contributed by atoms with E-state index in [0.29, 0.717) is 25.3 Å². The molecule has 0 saturated carbocycles. The molecule has 7 nitrogen and oxygen atoms in total. The van der Waals surface area contributed by atoms with E-state index in [1.54, 1.807) is 23.1 Å². The van der Waals surface area contributed by atoms with Crippen LogP contribution in [0.4, 0.5) is 4.39 Å². The van der Waals surface area contributed by atoms with Gasteiger partial charge in [0, 0.05) is 19.5 Å². The number of aromatic nitrogens is 3. The summed E-state index contributed by atoms with van der Waals surface area (Å²) in [7, 11) is 0. The van der Waals surface area contributed by atoms with Crippen LogP contribution in [-0.4, -0.2) is 63.1 Å². The molecule has 0 bridgehead atoms. The third kappa shape index (κ3) is 4.51. The lowest BCUT2D eigenvalue weighted by Gasteiger charge is -2.31. The number of rotatable bonds is 7. The summed E-state index contributed by atoms with van der Waals surface area (Å²) in [6, 6.07) is 6.33. The van der Waals surface area contributed by atoms with Crippen molar-refractivity contribution in [2.45, 2.75) is 38.7 Å². The van der Waals surface area contributed by atoms with Crippen molar-refractivity contribution in [2.24, 2.45) is 0 Å². The Morgan fingerprint density at radius 2 is 2.22 bits per heavy atom. The summed E-state index contributed by atoms with van der Waals surface area (Å²) in [6.45, 7) is 3.26. The minimum absolute atomic E-state index is 0.0422. The topological polar surface area (TPSA) is 80.5 Å². The standard InChI is InChI=1S/C19H25FN4O3/c1-2-6-17-21-18(22-24(17)16-9-4-3-8-15(16)20)19(26)23-10-5-7-14(13-23)27-12-11-25/h3-4,8-9,14,25H,2,5-7,10-13H2,1H3. The monoisotopic (exact) mass is 376 g/mol. The number of aryl methyl sites for hydroxylation is 1. The molecule has 2 heterocycles. The highest BCUT2D eigenvalue weighted by Gasteiger charge is 2.28. The number of amides is 1. The zero-order valence-electron chi connectivity index (χ0n) is 15.5. The largest absolute Gasteiger partial charge is 0.394 e. The van der Waals surface area contributed by atoms with Gasteiger partial charge in [0.05, 0.1) is 19.3 Å². The number of hydrogen-bond donors (Lipinski definition) is 1. The number of halogens is 1. The van der Waals surface area contributed by atoms with E-state index in [1.165, 1.54) is 10.7 Å². The number of nitrogens with zero attached hydrogens (tertiary/aromatic N) is 4. The molecule has 1 amide bonds. The van der Waals surface area contributed by atoms with Crippen LogP contribution in [0.15, 0.2) is 24.3 Å². The van der Waals surface area contributed by atoms with E-state index in [2.05, 4.69) is 10.1 Å². The first-order valence-electron chi connectivity index (χ1n) is 9.36. The summed E-state index contributed by atoms with van der Waals surface area (Å²) in [5, 5.41) is 13.2. The molecule has 27 heavy (non-hydrogen) atoms. The van der Waals surface area contributed by atoms with Gasteiger partial charge in [0.15, 0.2) is 0 Å². The zero-order chi connectivity index (χ0) is 19.2. The predicted molar refractivity (Wildman–Crippen MR) is 97.3 cm³/mol. The summed E-state index contributed by atoms with van der Waals surface area (Å²) in [4.78, 5) is 19.0. The highest BCUT2D eigenvalue weighted by molar-refractivity contribution is 5.90. The number of para-hydroxylation sites is 1. The predicted octanol–water partition coefficient (Wildman–Crippen LogP) is 1.97. The van der Waals surface area contributed by atoms with Crippen LogP contribution < -0.4 is 0 Å². The lowest BCUT2D eigenvalue weighted by atomic mass is 10.1. The van der Waals surface area contributed by atoms with Crippen molar-refractivity contribution >= 4 is 5.91 Å². The van der Waals surface area contributed by atoms with Crippen LogP contribution in [0.25, 0.3) is 5.69 Å². The Balaban J connectivity index is 1.83. The molecule has 0 radical (unpaired) electrons. The van der Waals surface area contributed by atoms with Crippen LogP contribution in [-0.2, 0) is 11.2 Å². The fourth-order valence-electron chi connectivity index (χ4n) is 3.26. The molecule has 1 fully saturated rings. The normalized spacial score (nSPS) is 17.3. The summed E-state index contributed by atoms with van der Waals surface area (Å²) >= 11 is 0. The number of benzene rings is 1. The minimum Gasteiger partial charge on any atom is -0.394 e. The Labute approximate surface area is 157 Å². The number of piperidine rings is 1. The van der Waals surface area contributed by atoms with Gasteiger partial charge in [-0.1, -0.05) is 19.1 Å². The van der Waals surface area contributed by atoms with Gasteiger partial charge in [-0.25, -0.2) is 14.1 Å². The maximum Gasteiger partial charge on any atom is 0.293 e. The van der Waals surface area contributed by atoms with Gasteiger partial charge in [-0.15, -0.1) is 5.10 Å². The second-order valence-electron chi connectivity index (χ2n) is 6.57. The van der Waals surface area contributed by atoms with Crippen molar-refractivity contribution in [3.05, 3.63) is 41.7 Å². The van der Waals surface area contributed by atoms with Crippen molar-refractivity contribution in [1.82, 2.24) is 19.7 Å². The minimum atomic E-state index is -0.408. The van der Waals surface area contributed by atoms with Crippen LogP contribution in [0.5, 0.6) is 0 Å². The summed E-state index contributed by atoms with van der Waals surface area (Å²) < 4.78 is 21.2. The van der Waals surface area contributed by atoms with Gasteiger partial charge in [0.1, 0.15) is 17.3 Å². The van der Waals surface area contributed by atoms with Crippen LogP contribution >= 0.6 is 0 Å². The van der Waals surface area contributed by atoms with Gasteiger partial charge in [0.25, 0.3) is 5.91 Å². The van der Waals surface area contributed by atoms with Gasteiger partial charge >= 0.3 is 0 Å². The quantitative estimate of drug-likeness (QED) is 0.799. The summed E-state index contributed by atoms with van der Waals surface area (Å²) in [5.41, 5.74) is 0.287. The molecule has 1 aliphatic rings. The summed E-state index contributed by atoms with van der Waals surface area (Å²) in [5.74, 6) is -0.0468. The van der Waals surface area contributed by atoms with Crippen molar-refractivity contribution in [3.8, 4) is 5.69 Å². The maximum absolute atomic E-state index is 14.2. The molecule has 146 valence electrons. The molecule has 3 rings (SSSR count). The molecular formula is C19H25FN4O3. The molecule has 1 aromatic heterocycles. The number of aliphatic hydroxyl groups is 1. The number of aliphatic hydroxyl groups excluding tert-OH is 1. The highest BCUT2D eigenvalue weighted by Crippen LogP contribution is 2.18. The van der Waals surface area contributed by atoms with Gasteiger partial charge in [-0.3, -0.25) is 4.79 Å². The molecular weight excluding hydrogens is 351 g/mol. The zero-order valence-corrected chi connectivity index (χ0v) is 15.5. The second kappa shape index (κ2) is 9.05. The van der Waals surface area contributed by atoms with Crippen molar-refractivity contribution in [2.75, 3.05) is 26.3 Å². The third-order valence-electron chi connectivity index (χ3n) is 4.53. The first-order valence-corrected chi connectivity index (χ1v) is 9.36. The van der Waals surface area contributed by atoms with Crippen molar-refractivity contribution in [1.29, 1.82) is 0 Å². The first kappa shape index (κ1) is 19.4. The Morgan fingerprint density at radius 3 is 2.96 bits per heavy atom. The molecule has 8 heteroatoms. The fraction of sp³-hybridized carbons (Fsp3) is 0.526. The van der Waals surface area contributed by atoms with E-state index in [0.717, 1.165) is 19.3 Å². The molecule has 1 N–H and O–H groups in total. The third-order valence-corrected chi connectivity index (χ3v) is 4.53. The number of ether oxygens (including phenoxy) is 1. The van der Waals surface area contributed by atoms with Crippen molar-refractivity contribution < 1.29 is 19.0 Å². The number of carbonyl (C=O) groups is 1. The molecule has 1 saturated heterocycles. The average Bonchev–Trinajstić information content (AvgIpc) is 3.10. The van der Waals surface area contributed by atoms with Gasteiger partial charge in [0.2, 0.25) is 5.82 Å². The first-order chi connectivity index (χ1) is 13.1. The Bertz CT molecular complexity index is 780. The second-order valence-corrected chi connectivity index (χ2v) is 6.57. The van der Waals surface area contributed by atoms with Crippen LogP contribution in [0, 0.1) is 5.82 Å². The van der Waals surface area contributed by atoms with Crippen LogP contribution in [0.1, 0.15) is 42.6 Å². The van der Waals surface area contributed by atoms with E-state index in [9.17, 15) is 9.18 Å². The summed E-state index contributed by atoms with van der Waals surface area (Å²) in [6.07, 6.45) is 2.97. The smallest absolute Gasteiger partial charge is 0.293 e. The number of hydrogen-bond acceptors (Lipinski definition) is 5. The Kier molecular flexibility index (Phi) is 6.52. The fourth-order valence-corrected chi connectivity index (χ4v) is 3.26. The van der Waals surface area contributed by atoms with Crippen LogP contribution in [0.3, 0.4) is 0 Å². The molecule has 1 unspecified atom stereocenters. The SMILES string of the molecule is CCCc1nc(C(=O)N2CCCC(OCCO)C2)nn1-c1ccccc1F. The van der Waals surface area contributed by atoms with E-state index >= 15 is 0 Å². The Hall–Kier alpha value is -2.32. The van der Waals surface area contributed by atoms with Gasteiger partial charge in [-0.2, -0.15) is 0 Å². The molecule has 0 spiro atoms. The number of likely N-dealkylation sites (tertiary alicyclic amines) is 1. The maximum atomic E-state index is 14.2. The van der Waals surface area contributed by atoms with Crippen molar-refractivity contribution in [3.63, 3.8) is 0 Å². The lowest BCUT2D eigenvalue weighted by Crippen LogP contribution is -2.43. The van der Waals surface area contributed by atoms with E-state index < -0.39 is 5.82 Å².